The van der Waals surface area contributed by atoms with Gasteiger partial charge in [0.15, 0.2) is 0 Å². The molecule has 2 N–H and O–H groups in total. The van der Waals surface area contributed by atoms with E-state index in [1.54, 1.807) is 0 Å². The van der Waals surface area contributed by atoms with E-state index in [0.29, 0.717) is 0 Å². The third-order valence-electron chi connectivity index (χ3n) is 5.37. The SMILES string of the molecule is CN(C)c1ccc([C@@H](CNS(=O)(=O)c2cccc([N+](=O)[O-])c2)[NH+]2CCCC2)cc1. The van der Waals surface area contributed by atoms with Gasteiger partial charge in [-0.3, -0.25) is 10.1 Å². The van der Waals surface area contributed by atoms with Crippen LogP contribution in [-0.2, 0) is 10.0 Å². The first-order chi connectivity index (χ1) is 13.8. The van der Waals surface area contributed by atoms with E-state index in [4.69, 9.17) is 0 Å². The number of nitrogens with one attached hydrogen (secondary N) is 2. The molecule has 9 heteroatoms. The monoisotopic (exact) mass is 419 g/mol. The number of hydrogen-bond donors (Lipinski definition) is 2. The molecule has 0 spiro atoms. The summed E-state index contributed by atoms with van der Waals surface area (Å²) in [6, 6.07) is 13.3. The highest BCUT2D eigenvalue weighted by atomic mass is 32.2. The van der Waals surface area contributed by atoms with Crippen LogP contribution in [0.4, 0.5) is 11.4 Å². The van der Waals surface area contributed by atoms with Gasteiger partial charge in [0.05, 0.1) is 29.5 Å². The number of nitrogens with zero attached hydrogens (tertiary/aromatic N) is 2. The lowest BCUT2D eigenvalue weighted by Crippen LogP contribution is -3.11. The minimum absolute atomic E-state index is 0.0119. The van der Waals surface area contributed by atoms with Gasteiger partial charge in [0, 0.05) is 50.3 Å². The van der Waals surface area contributed by atoms with Crippen molar-refractivity contribution >= 4 is 21.4 Å². The van der Waals surface area contributed by atoms with Crippen LogP contribution in [0.2, 0.25) is 0 Å². The van der Waals surface area contributed by atoms with Crippen LogP contribution in [0.1, 0.15) is 24.4 Å². The van der Waals surface area contributed by atoms with Crippen LogP contribution in [0.15, 0.2) is 53.4 Å². The molecule has 1 saturated heterocycles. The summed E-state index contributed by atoms with van der Waals surface area (Å²) in [6.07, 6.45) is 2.25. The lowest BCUT2D eigenvalue weighted by molar-refractivity contribution is -0.918. The minimum Gasteiger partial charge on any atom is -0.378 e. The molecule has 1 fully saturated rings. The molecular weight excluding hydrogens is 392 g/mol. The van der Waals surface area contributed by atoms with Crippen molar-refractivity contribution in [1.82, 2.24) is 4.72 Å². The Balaban J connectivity index is 1.81. The zero-order valence-corrected chi connectivity index (χ0v) is 17.5. The molecule has 1 aliphatic heterocycles. The maximum absolute atomic E-state index is 12.8. The molecule has 0 saturated carbocycles. The lowest BCUT2D eigenvalue weighted by Gasteiger charge is -2.26. The molecule has 0 bridgehead atoms. The van der Waals surface area contributed by atoms with Gasteiger partial charge in [0.25, 0.3) is 5.69 Å². The zero-order chi connectivity index (χ0) is 21.0. The van der Waals surface area contributed by atoms with Crippen molar-refractivity contribution in [3.63, 3.8) is 0 Å². The Labute approximate surface area is 171 Å². The van der Waals surface area contributed by atoms with E-state index in [1.165, 1.54) is 23.1 Å². The van der Waals surface area contributed by atoms with Crippen molar-refractivity contribution in [2.45, 2.75) is 23.8 Å². The molecule has 8 nitrogen and oxygen atoms in total. The van der Waals surface area contributed by atoms with Crippen LogP contribution < -0.4 is 14.5 Å². The summed E-state index contributed by atoms with van der Waals surface area (Å²) in [6.45, 7) is 2.24. The maximum atomic E-state index is 12.8. The van der Waals surface area contributed by atoms with Crippen molar-refractivity contribution < 1.29 is 18.2 Å². The molecule has 2 aromatic rings. The summed E-state index contributed by atoms with van der Waals surface area (Å²) in [4.78, 5) is 13.6. The first-order valence-electron chi connectivity index (χ1n) is 9.64. The molecule has 29 heavy (non-hydrogen) atoms. The Bertz CT molecular complexity index is 955. The number of nitro benzene ring substituents is 1. The van der Waals surface area contributed by atoms with E-state index in [2.05, 4.69) is 4.72 Å². The largest absolute Gasteiger partial charge is 0.378 e. The van der Waals surface area contributed by atoms with E-state index in [1.807, 2.05) is 43.3 Å². The summed E-state index contributed by atoms with van der Waals surface area (Å²) in [7, 11) is 0.109. The van der Waals surface area contributed by atoms with Crippen molar-refractivity contribution in [3.8, 4) is 0 Å². The van der Waals surface area contributed by atoms with Gasteiger partial charge in [0.1, 0.15) is 6.04 Å². The van der Waals surface area contributed by atoms with Crippen molar-refractivity contribution in [1.29, 1.82) is 0 Å². The smallest absolute Gasteiger partial charge is 0.270 e. The quantitative estimate of drug-likeness (QED) is 0.497. The number of quaternary nitrogens is 1. The summed E-state index contributed by atoms with van der Waals surface area (Å²) >= 11 is 0. The molecule has 2 aromatic carbocycles. The molecule has 1 aliphatic rings. The average molecular weight is 420 g/mol. The second-order valence-corrected chi connectivity index (χ2v) is 9.28. The third kappa shape index (κ3) is 5.11. The first-order valence-corrected chi connectivity index (χ1v) is 11.1. The number of nitro groups is 1. The lowest BCUT2D eigenvalue weighted by atomic mass is 10.1. The summed E-state index contributed by atoms with van der Waals surface area (Å²) in [5.74, 6) is 0. The third-order valence-corrected chi connectivity index (χ3v) is 6.79. The van der Waals surface area contributed by atoms with Crippen LogP contribution in [0.3, 0.4) is 0 Å². The number of sulfonamides is 1. The minimum atomic E-state index is -3.85. The van der Waals surface area contributed by atoms with Crippen molar-refractivity contribution in [2.75, 3.05) is 38.6 Å². The van der Waals surface area contributed by atoms with Crippen LogP contribution >= 0.6 is 0 Å². The summed E-state index contributed by atoms with van der Waals surface area (Å²) in [5.41, 5.74) is 1.92. The highest BCUT2D eigenvalue weighted by Crippen LogP contribution is 2.19. The van der Waals surface area contributed by atoms with Crippen molar-refractivity contribution in [2.24, 2.45) is 0 Å². The second-order valence-electron chi connectivity index (χ2n) is 7.51. The van der Waals surface area contributed by atoms with Gasteiger partial charge in [-0.05, 0) is 18.2 Å². The fraction of sp³-hybridized carbons (Fsp3) is 0.400. The van der Waals surface area contributed by atoms with E-state index in [0.717, 1.165) is 43.2 Å². The molecule has 1 atom stereocenters. The van der Waals surface area contributed by atoms with Gasteiger partial charge < -0.3 is 9.80 Å². The van der Waals surface area contributed by atoms with Gasteiger partial charge in [-0.15, -0.1) is 0 Å². The van der Waals surface area contributed by atoms with Crippen LogP contribution in [0.5, 0.6) is 0 Å². The van der Waals surface area contributed by atoms with Gasteiger partial charge >= 0.3 is 0 Å². The first kappa shape index (κ1) is 21.2. The van der Waals surface area contributed by atoms with Crippen LogP contribution in [0, 0.1) is 10.1 Å². The topological polar surface area (TPSA) is 97.0 Å². The van der Waals surface area contributed by atoms with Gasteiger partial charge in [0.2, 0.25) is 10.0 Å². The highest BCUT2D eigenvalue weighted by Gasteiger charge is 2.29. The Morgan fingerprint density at radius 1 is 1.14 bits per heavy atom. The Morgan fingerprint density at radius 3 is 2.38 bits per heavy atom. The Hall–Kier alpha value is -2.49. The average Bonchev–Trinajstić information content (AvgIpc) is 3.23. The highest BCUT2D eigenvalue weighted by molar-refractivity contribution is 7.89. The van der Waals surface area contributed by atoms with Gasteiger partial charge in [-0.1, -0.05) is 18.2 Å². The van der Waals surface area contributed by atoms with E-state index >= 15 is 0 Å². The van der Waals surface area contributed by atoms with Gasteiger partial charge in [-0.25, -0.2) is 13.1 Å². The fourth-order valence-corrected chi connectivity index (χ4v) is 4.81. The summed E-state index contributed by atoms with van der Waals surface area (Å²) in [5, 5.41) is 11.0. The number of rotatable bonds is 8. The number of likely N-dealkylation sites (tertiary alicyclic amines) is 1. The molecular formula is C20H27N4O4S+. The number of benzene rings is 2. The molecule has 0 radical (unpaired) electrons. The molecule has 1 heterocycles. The van der Waals surface area contributed by atoms with Crippen molar-refractivity contribution in [3.05, 3.63) is 64.2 Å². The standard InChI is InChI=1S/C20H26N4O4S/c1-22(2)17-10-8-16(9-11-17)20(23-12-3-4-13-23)15-21-29(27,28)19-7-5-6-18(14-19)24(25)26/h5-11,14,20-21H,3-4,12-13,15H2,1-2H3/p+1/t20-/m1/s1. The molecule has 0 amide bonds. The molecule has 3 rings (SSSR count). The fourth-order valence-electron chi connectivity index (χ4n) is 3.72. The van der Waals surface area contributed by atoms with Gasteiger partial charge in [-0.2, -0.15) is 0 Å². The van der Waals surface area contributed by atoms with Crippen LogP contribution in [0.25, 0.3) is 0 Å². The number of anilines is 1. The molecule has 0 aromatic heterocycles. The predicted octanol–water partition coefficient (Wildman–Crippen LogP) is 1.36. The normalized spacial score (nSPS) is 15.9. The van der Waals surface area contributed by atoms with E-state index in [9.17, 15) is 18.5 Å². The van der Waals surface area contributed by atoms with Crippen LogP contribution in [-0.4, -0.2) is 47.1 Å². The summed E-state index contributed by atoms with van der Waals surface area (Å²) < 4.78 is 28.2. The second kappa shape index (κ2) is 8.89. The molecule has 156 valence electrons. The maximum Gasteiger partial charge on any atom is 0.270 e. The predicted molar refractivity (Wildman–Crippen MR) is 112 cm³/mol. The zero-order valence-electron chi connectivity index (χ0n) is 16.7. The Morgan fingerprint density at radius 2 is 1.79 bits per heavy atom. The number of non-ortho nitro benzene ring substituents is 1. The number of hydrogen-bond acceptors (Lipinski definition) is 5. The Kier molecular flexibility index (Phi) is 6.51. The molecule has 0 unspecified atom stereocenters. The van der Waals surface area contributed by atoms with E-state index in [-0.39, 0.29) is 23.2 Å². The van der Waals surface area contributed by atoms with E-state index < -0.39 is 14.9 Å². The molecule has 0 aliphatic carbocycles.